The average Bonchev–Trinajstić information content (AvgIpc) is 2.66. The van der Waals surface area contributed by atoms with Crippen LogP contribution in [0.3, 0.4) is 0 Å². The van der Waals surface area contributed by atoms with Gasteiger partial charge in [0.25, 0.3) is 0 Å². The molecule has 0 atom stereocenters. The van der Waals surface area contributed by atoms with Crippen molar-refractivity contribution < 1.29 is 4.74 Å². The first-order chi connectivity index (χ1) is 13.1. The molecule has 1 aromatic carbocycles. The van der Waals surface area contributed by atoms with Gasteiger partial charge in [0.15, 0.2) is 5.96 Å². The number of nitrogens with one attached hydrogen (secondary N) is 2. The molecule has 0 spiro atoms. The lowest BCUT2D eigenvalue weighted by Gasteiger charge is -2.14. The molecule has 2 aromatic rings. The van der Waals surface area contributed by atoms with Crippen molar-refractivity contribution in [3.05, 3.63) is 58.9 Å². The van der Waals surface area contributed by atoms with Crippen molar-refractivity contribution in [2.45, 2.75) is 13.0 Å². The molecule has 1 aromatic heterocycles. The summed E-state index contributed by atoms with van der Waals surface area (Å²) in [6.07, 6.45) is 2.64. The Bertz CT molecular complexity index is 719. The number of halogens is 1. The molecule has 6 nitrogen and oxygen atoms in total. The van der Waals surface area contributed by atoms with E-state index in [1.54, 1.807) is 19.3 Å². The Kier molecular flexibility index (Phi) is 8.87. The molecule has 0 saturated carbocycles. The number of aliphatic imine (C=N–C) groups is 1. The molecule has 0 bridgehead atoms. The van der Waals surface area contributed by atoms with Crippen LogP contribution in [-0.2, 0) is 13.0 Å². The van der Waals surface area contributed by atoms with Gasteiger partial charge in [-0.3, -0.25) is 4.99 Å². The summed E-state index contributed by atoms with van der Waals surface area (Å²) in [6.45, 7) is 3.00. The molecule has 0 radical (unpaired) electrons. The summed E-state index contributed by atoms with van der Waals surface area (Å²) < 4.78 is 5.78. The lowest BCUT2D eigenvalue weighted by atomic mass is 10.2. The van der Waals surface area contributed by atoms with Crippen molar-refractivity contribution in [2.75, 3.05) is 40.8 Å². The average molecular weight is 390 g/mol. The van der Waals surface area contributed by atoms with Crippen LogP contribution >= 0.6 is 11.6 Å². The van der Waals surface area contributed by atoms with Crippen LogP contribution in [0.1, 0.15) is 11.1 Å². The van der Waals surface area contributed by atoms with Crippen LogP contribution in [0.4, 0.5) is 0 Å². The number of hydrogen-bond acceptors (Lipinski definition) is 4. The molecule has 0 fully saturated rings. The maximum absolute atomic E-state index is 5.80. The second-order valence-electron chi connectivity index (χ2n) is 6.39. The third-order valence-corrected chi connectivity index (χ3v) is 4.11. The van der Waals surface area contributed by atoms with Crippen molar-refractivity contribution in [1.29, 1.82) is 0 Å². The maximum Gasteiger partial charge on any atom is 0.191 e. The first-order valence-corrected chi connectivity index (χ1v) is 9.36. The molecule has 0 saturated heterocycles. The number of rotatable bonds is 9. The number of pyridine rings is 1. The molecular formula is C20H28ClN5O. The minimum atomic E-state index is 0.511. The second-order valence-corrected chi connectivity index (χ2v) is 6.78. The maximum atomic E-state index is 5.80. The minimum absolute atomic E-state index is 0.511. The van der Waals surface area contributed by atoms with E-state index in [1.165, 1.54) is 0 Å². The number of likely N-dealkylation sites (N-methyl/N-ethyl adjacent to an activating group) is 1. The number of aromatic nitrogens is 1. The monoisotopic (exact) mass is 389 g/mol. The SMILES string of the molecule is CN=C(NCCc1ccc(Cl)nc1)NCc1cccc(OCCN(C)C)c1. The van der Waals surface area contributed by atoms with Gasteiger partial charge in [-0.25, -0.2) is 4.98 Å². The molecular weight excluding hydrogens is 362 g/mol. The van der Waals surface area contributed by atoms with Crippen molar-refractivity contribution in [3.8, 4) is 5.75 Å². The van der Waals surface area contributed by atoms with Crippen LogP contribution in [0.2, 0.25) is 5.15 Å². The zero-order chi connectivity index (χ0) is 19.5. The largest absolute Gasteiger partial charge is 0.492 e. The number of nitrogens with zero attached hydrogens (tertiary/aromatic N) is 3. The zero-order valence-corrected chi connectivity index (χ0v) is 17.0. The summed E-state index contributed by atoms with van der Waals surface area (Å²) in [5.74, 6) is 1.64. The van der Waals surface area contributed by atoms with Gasteiger partial charge in [0.1, 0.15) is 17.5 Å². The highest BCUT2D eigenvalue weighted by molar-refractivity contribution is 6.29. The minimum Gasteiger partial charge on any atom is -0.492 e. The van der Waals surface area contributed by atoms with Crippen molar-refractivity contribution >= 4 is 17.6 Å². The molecule has 146 valence electrons. The molecule has 2 rings (SSSR count). The molecule has 27 heavy (non-hydrogen) atoms. The Balaban J connectivity index is 1.75. The van der Waals surface area contributed by atoms with E-state index < -0.39 is 0 Å². The smallest absolute Gasteiger partial charge is 0.191 e. The van der Waals surface area contributed by atoms with E-state index in [4.69, 9.17) is 16.3 Å². The van der Waals surface area contributed by atoms with Gasteiger partial charge in [-0.05, 0) is 49.8 Å². The Morgan fingerprint density at radius 2 is 2.04 bits per heavy atom. The van der Waals surface area contributed by atoms with Gasteiger partial charge >= 0.3 is 0 Å². The molecule has 0 aliphatic rings. The summed E-state index contributed by atoms with van der Waals surface area (Å²) in [7, 11) is 5.83. The van der Waals surface area contributed by atoms with E-state index in [0.29, 0.717) is 18.3 Å². The topological polar surface area (TPSA) is 61.8 Å². The van der Waals surface area contributed by atoms with Gasteiger partial charge in [-0.1, -0.05) is 29.8 Å². The molecule has 1 heterocycles. The van der Waals surface area contributed by atoms with Crippen LogP contribution in [-0.4, -0.2) is 56.7 Å². The van der Waals surface area contributed by atoms with E-state index in [0.717, 1.165) is 42.3 Å². The molecule has 0 unspecified atom stereocenters. The van der Waals surface area contributed by atoms with E-state index >= 15 is 0 Å². The number of guanidine groups is 1. The standard InChI is InChI=1S/C20H28ClN5O/c1-22-20(23-10-9-16-7-8-19(21)24-14-16)25-15-17-5-4-6-18(13-17)27-12-11-26(2)3/h4-8,13-14H,9-12,15H2,1-3H3,(H2,22,23,25). The Morgan fingerprint density at radius 3 is 2.74 bits per heavy atom. The van der Waals surface area contributed by atoms with Crippen LogP contribution in [0.15, 0.2) is 47.6 Å². The van der Waals surface area contributed by atoms with Gasteiger partial charge in [-0.15, -0.1) is 0 Å². The van der Waals surface area contributed by atoms with Gasteiger partial charge in [0.2, 0.25) is 0 Å². The lowest BCUT2D eigenvalue weighted by Crippen LogP contribution is -2.37. The molecule has 2 N–H and O–H groups in total. The number of benzene rings is 1. The van der Waals surface area contributed by atoms with Crippen LogP contribution < -0.4 is 15.4 Å². The molecule has 7 heteroatoms. The molecule has 0 aliphatic heterocycles. The van der Waals surface area contributed by atoms with E-state index in [9.17, 15) is 0 Å². The van der Waals surface area contributed by atoms with E-state index in [2.05, 4.69) is 37.6 Å². The van der Waals surface area contributed by atoms with Gasteiger partial charge < -0.3 is 20.3 Å². The predicted molar refractivity (Wildman–Crippen MR) is 112 cm³/mol. The Hall–Kier alpha value is -2.31. The lowest BCUT2D eigenvalue weighted by molar-refractivity contribution is 0.261. The van der Waals surface area contributed by atoms with Crippen LogP contribution in [0.25, 0.3) is 0 Å². The Morgan fingerprint density at radius 1 is 1.19 bits per heavy atom. The van der Waals surface area contributed by atoms with Gasteiger partial charge in [0.05, 0.1) is 0 Å². The van der Waals surface area contributed by atoms with Gasteiger partial charge in [-0.2, -0.15) is 0 Å². The molecule has 0 amide bonds. The number of ether oxygens (including phenoxy) is 1. The third-order valence-electron chi connectivity index (χ3n) is 3.88. The predicted octanol–water partition coefficient (Wildman–Crippen LogP) is 2.58. The van der Waals surface area contributed by atoms with E-state index in [1.807, 2.05) is 32.3 Å². The second kappa shape index (κ2) is 11.4. The first kappa shape index (κ1) is 21.0. The fourth-order valence-electron chi connectivity index (χ4n) is 2.38. The van der Waals surface area contributed by atoms with Crippen molar-refractivity contribution in [1.82, 2.24) is 20.5 Å². The Labute approximate surface area is 166 Å². The molecule has 0 aliphatic carbocycles. The fraction of sp³-hybridized carbons (Fsp3) is 0.400. The summed E-state index contributed by atoms with van der Waals surface area (Å²) in [5.41, 5.74) is 2.27. The quantitative estimate of drug-likeness (QED) is 0.392. The summed E-state index contributed by atoms with van der Waals surface area (Å²) in [5, 5.41) is 7.14. The van der Waals surface area contributed by atoms with E-state index in [-0.39, 0.29) is 0 Å². The van der Waals surface area contributed by atoms with Crippen molar-refractivity contribution in [3.63, 3.8) is 0 Å². The highest BCUT2D eigenvalue weighted by Crippen LogP contribution is 2.13. The number of hydrogen-bond donors (Lipinski definition) is 2. The normalized spacial score (nSPS) is 11.5. The highest BCUT2D eigenvalue weighted by atomic mass is 35.5. The fourth-order valence-corrected chi connectivity index (χ4v) is 2.49. The zero-order valence-electron chi connectivity index (χ0n) is 16.2. The first-order valence-electron chi connectivity index (χ1n) is 8.98. The van der Waals surface area contributed by atoms with Crippen LogP contribution in [0.5, 0.6) is 5.75 Å². The third kappa shape index (κ3) is 8.28. The van der Waals surface area contributed by atoms with Crippen molar-refractivity contribution in [2.24, 2.45) is 4.99 Å². The van der Waals surface area contributed by atoms with Gasteiger partial charge in [0, 0.05) is 32.9 Å². The highest BCUT2D eigenvalue weighted by Gasteiger charge is 2.01. The summed E-state index contributed by atoms with van der Waals surface area (Å²) >= 11 is 5.80. The van der Waals surface area contributed by atoms with Crippen LogP contribution in [0, 0.1) is 0 Å². The summed E-state index contributed by atoms with van der Waals surface area (Å²) in [6, 6.07) is 11.9. The summed E-state index contributed by atoms with van der Waals surface area (Å²) in [4.78, 5) is 10.4.